The molecule has 1 aliphatic rings. The molecule has 1 aromatic rings. The summed E-state index contributed by atoms with van der Waals surface area (Å²) in [7, 11) is 0. The summed E-state index contributed by atoms with van der Waals surface area (Å²) in [6, 6.07) is 1.60. The van der Waals surface area contributed by atoms with Gasteiger partial charge >= 0.3 is 11.9 Å². The van der Waals surface area contributed by atoms with E-state index in [0.717, 1.165) is 5.70 Å². The minimum atomic E-state index is -0.441. The summed E-state index contributed by atoms with van der Waals surface area (Å²) in [6.45, 7) is 8.75. The van der Waals surface area contributed by atoms with Gasteiger partial charge in [0.1, 0.15) is 11.4 Å². The van der Waals surface area contributed by atoms with Gasteiger partial charge in [-0.05, 0) is 37.7 Å². The highest BCUT2D eigenvalue weighted by molar-refractivity contribution is 8.04. The molecule has 0 spiro atoms. The van der Waals surface area contributed by atoms with Gasteiger partial charge in [-0.1, -0.05) is 0 Å². The van der Waals surface area contributed by atoms with Gasteiger partial charge in [-0.25, -0.2) is 9.59 Å². The van der Waals surface area contributed by atoms with E-state index < -0.39 is 5.97 Å². The second-order valence-electron chi connectivity index (χ2n) is 5.80. The number of ketones is 1. The first-order valence-electron chi connectivity index (χ1n) is 8.75. The largest absolute Gasteiger partial charge is 0.463 e. The number of hydrogen-bond acceptors (Lipinski definition) is 7. The van der Waals surface area contributed by atoms with Crippen LogP contribution >= 0.6 is 11.8 Å². The minimum Gasteiger partial charge on any atom is -0.463 e. The van der Waals surface area contributed by atoms with Crippen molar-refractivity contribution in [2.45, 2.75) is 34.2 Å². The lowest BCUT2D eigenvalue weighted by atomic mass is 10.2. The zero-order valence-electron chi connectivity index (χ0n) is 16.0. The maximum absolute atomic E-state index is 12.3. The zero-order valence-corrected chi connectivity index (χ0v) is 16.8. The molecule has 0 N–H and O–H groups in total. The van der Waals surface area contributed by atoms with Crippen LogP contribution in [-0.4, -0.2) is 42.0 Å². The lowest BCUT2D eigenvalue weighted by Gasteiger charge is -2.19. The molecule has 0 unspecified atom stereocenters. The SMILES string of the molecule is CCOC(=O)/C=C/S/C=C(\C)N1CCn2c(C(C)=O)cc(C(=O)OCC)c21. The summed E-state index contributed by atoms with van der Waals surface area (Å²) in [6.07, 6.45) is 1.36. The molecule has 146 valence electrons. The van der Waals surface area contributed by atoms with E-state index in [9.17, 15) is 14.4 Å². The van der Waals surface area contributed by atoms with E-state index in [1.807, 2.05) is 21.8 Å². The molecule has 0 saturated carbocycles. The van der Waals surface area contributed by atoms with Crippen LogP contribution < -0.4 is 4.90 Å². The van der Waals surface area contributed by atoms with Crippen molar-refractivity contribution in [3.05, 3.63) is 39.9 Å². The number of fused-ring (bicyclic) bond motifs is 1. The summed E-state index contributed by atoms with van der Waals surface area (Å²) < 4.78 is 11.8. The Hall–Kier alpha value is -2.48. The number of carbonyl (C=O) groups is 3. The van der Waals surface area contributed by atoms with Gasteiger partial charge in [-0.15, -0.1) is 11.8 Å². The van der Waals surface area contributed by atoms with Crippen molar-refractivity contribution in [1.29, 1.82) is 0 Å². The van der Waals surface area contributed by atoms with Crippen LogP contribution in [0.1, 0.15) is 48.5 Å². The van der Waals surface area contributed by atoms with Crippen molar-refractivity contribution in [2.75, 3.05) is 24.7 Å². The van der Waals surface area contributed by atoms with Gasteiger partial charge in [0, 0.05) is 31.8 Å². The molecular formula is C19H24N2O5S. The number of rotatable bonds is 8. The van der Waals surface area contributed by atoms with E-state index in [-0.39, 0.29) is 18.4 Å². The second-order valence-corrected chi connectivity index (χ2v) is 6.58. The number of allylic oxidation sites excluding steroid dienone is 1. The average Bonchev–Trinajstić information content (AvgIpc) is 3.19. The molecule has 1 aliphatic heterocycles. The summed E-state index contributed by atoms with van der Waals surface area (Å²) in [5.41, 5.74) is 1.78. The Bertz CT molecular complexity index is 794. The molecule has 2 rings (SSSR count). The normalized spacial score (nSPS) is 13.8. The number of Topliss-reactive ketones (excluding diaryl/α,β-unsaturated/α-hetero) is 1. The fourth-order valence-corrected chi connectivity index (χ4v) is 3.44. The summed E-state index contributed by atoms with van der Waals surface area (Å²) in [4.78, 5) is 37.6. The maximum atomic E-state index is 12.3. The Balaban J connectivity index is 2.25. The number of carbonyl (C=O) groups excluding carboxylic acids is 3. The number of hydrogen-bond donors (Lipinski definition) is 0. The Labute approximate surface area is 163 Å². The number of ether oxygens (including phenoxy) is 2. The van der Waals surface area contributed by atoms with E-state index in [0.29, 0.717) is 36.8 Å². The highest BCUT2D eigenvalue weighted by Gasteiger charge is 2.31. The topological polar surface area (TPSA) is 77.8 Å². The smallest absolute Gasteiger partial charge is 0.341 e. The number of esters is 2. The predicted molar refractivity (Wildman–Crippen MR) is 105 cm³/mol. The third-order valence-corrected chi connectivity index (χ3v) is 4.73. The van der Waals surface area contributed by atoms with Crippen LogP contribution in [0.5, 0.6) is 0 Å². The van der Waals surface area contributed by atoms with Crippen molar-refractivity contribution in [3.8, 4) is 0 Å². The molecule has 0 saturated heterocycles. The van der Waals surface area contributed by atoms with Crippen molar-refractivity contribution in [3.63, 3.8) is 0 Å². The van der Waals surface area contributed by atoms with Crippen LogP contribution in [0.4, 0.5) is 5.82 Å². The third-order valence-electron chi connectivity index (χ3n) is 3.96. The first-order valence-corrected chi connectivity index (χ1v) is 9.69. The Morgan fingerprint density at radius 3 is 2.48 bits per heavy atom. The van der Waals surface area contributed by atoms with Crippen LogP contribution in [0.2, 0.25) is 0 Å². The lowest BCUT2D eigenvalue weighted by Crippen LogP contribution is -2.20. The molecule has 7 nitrogen and oxygen atoms in total. The molecule has 2 heterocycles. The highest BCUT2D eigenvalue weighted by Crippen LogP contribution is 2.34. The number of aromatic nitrogens is 1. The molecule has 8 heteroatoms. The average molecular weight is 392 g/mol. The van der Waals surface area contributed by atoms with Crippen molar-refractivity contribution in [2.24, 2.45) is 0 Å². The van der Waals surface area contributed by atoms with Crippen LogP contribution in [0.15, 0.2) is 28.7 Å². The Kier molecular flexibility index (Phi) is 7.29. The van der Waals surface area contributed by atoms with Crippen molar-refractivity contribution < 1.29 is 23.9 Å². The molecule has 27 heavy (non-hydrogen) atoms. The Morgan fingerprint density at radius 2 is 1.85 bits per heavy atom. The summed E-state index contributed by atoms with van der Waals surface area (Å²) >= 11 is 1.34. The maximum Gasteiger partial charge on any atom is 0.341 e. The Morgan fingerprint density at radius 1 is 1.15 bits per heavy atom. The molecule has 0 radical (unpaired) electrons. The van der Waals surface area contributed by atoms with Gasteiger partial charge < -0.3 is 18.9 Å². The second kappa shape index (κ2) is 9.45. The van der Waals surface area contributed by atoms with Crippen LogP contribution in [0.3, 0.4) is 0 Å². The quantitative estimate of drug-likeness (QED) is 0.381. The van der Waals surface area contributed by atoms with Crippen molar-refractivity contribution in [1.82, 2.24) is 4.57 Å². The highest BCUT2D eigenvalue weighted by atomic mass is 32.2. The molecule has 0 aliphatic carbocycles. The number of nitrogens with zero attached hydrogens (tertiary/aromatic N) is 2. The first-order chi connectivity index (χ1) is 12.9. The van der Waals surface area contributed by atoms with E-state index >= 15 is 0 Å². The summed E-state index contributed by atoms with van der Waals surface area (Å²) in [5, 5.41) is 3.52. The molecule has 0 atom stereocenters. The summed E-state index contributed by atoms with van der Waals surface area (Å²) in [5.74, 6) is -0.255. The van der Waals surface area contributed by atoms with E-state index in [1.165, 1.54) is 24.8 Å². The molecule has 0 bridgehead atoms. The van der Waals surface area contributed by atoms with Gasteiger partial charge in [-0.3, -0.25) is 4.79 Å². The fraction of sp³-hybridized carbons (Fsp3) is 0.421. The molecule has 0 amide bonds. The van der Waals surface area contributed by atoms with E-state index in [1.54, 1.807) is 25.3 Å². The van der Waals surface area contributed by atoms with Crippen LogP contribution in [-0.2, 0) is 20.8 Å². The predicted octanol–water partition coefficient (Wildman–Crippen LogP) is 3.36. The van der Waals surface area contributed by atoms with Gasteiger partial charge in [0.05, 0.1) is 18.9 Å². The fourth-order valence-electron chi connectivity index (χ4n) is 2.84. The standard InChI is InChI=1S/C19H24N2O5S/c1-5-25-17(23)7-10-27-12-13(3)20-8-9-21-16(14(4)22)11-15(18(20)21)19(24)26-6-2/h7,10-12H,5-6,8-9H2,1-4H3/b10-7+,13-12+. The van der Waals surface area contributed by atoms with Crippen molar-refractivity contribution >= 4 is 35.3 Å². The molecule has 0 aromatic carbocycles. The van der Waals surface area contributed by atoms with Gasteiger partial charge in [0.25, 0.3) is 0 Å². The van der Waals surface area contributed by atoms with E-state index in [2.05, 4.69) is 0 Å². The molecule has 1 aromatic heterocycles. The van der Waals surface area contributed by atoms with Gasteiger partial charge in [0.15, 0.2) is 5.78 Å². The lowest BCUT2D eigenvalue weighted by molar-refractivity contribution is -0.137. The van der Waals surface area contributed by atoms with E-state index in [4.69, 9.17) is 9.47 Å². The van der Waals surface area contributed by atoms with Gasteiger partial charge in [0.2, 0.25) is 0 Å². The van der Waals surface area contributed by atoms with Crippen LogP contribution in [0, 0.1) is 0 Å². The number of anilines is 1. The molecular weight excluding hydrogens is 368 g/mol. The van der Waals surface area contributed by atoms with Crippen LogP contribution in [0.25, 0.3) is 0 Å². The first kappa shape index (κ1) is 20.8. The molecule has 0 fully saturated rings. The minimum absolute atomic E-state index is 0.0953. The van der Waals surface area contributed by atoms with Gasteiger partial charge in [-0.2, -0.15) is 0 Å². The zero-order chi connectivity index (χ0) is 20.0. The monoisotopic (exact) mass is 392 g/mol. The third kappa shape index (κ3) is 4.82. The number of thioether (sulfide) groups is 1.